The predicted molar refractivity (Wildman–Crippen MR) is 35.5 cm³/mol. The fourth-order valence-electron chi connectivity index (χ4n) is 1.52. The first kappa shape index (κ1) is 5.65. The molecule has 0 amide bonds. The predicted octanol–water partition coefficient (Wildman–Crippen LogP) is -0.136. The minimum absolute atomic E-state index is 0.220. The molecule has 0 aliphatic carbocycles. The fraction of sp³-hybridized carbons (Fsp3) is 1.00. The van der Waals surface area contributed by atoms with Crippen LogP contribution in [-0.2, 0) is 0 Å². The Morgan fingerprint density at radius 3 is 2.56 bits per heavy atom. The summed E-state index contributed by atoms with van der Waals surface area (Å²) in [5.41, 5.74) is 3.27. The molecule has 0 bridgehead atoms. The quantitative estimate of drug-likeness (QED) is 0.445. The maximum atomic E-state index is 3.43. The smallest absolute Gasteiger partial charge is 0.151 e. The number of rotatable bonds is 0. The van der Waals surface area contributed by atoms with E-state index in [0.717, 1.165) is 6.54 Å². The van der Waals surface area contributed by atoms with E-state index in [4.69, 9.17) is 0 Å². The summed E-state index contributed by atoms with van der Waals surface area (Å²) in [6.07, 6.45) is 3.94. The Morgan fingerprint density at radius 1 is 1.44 bits per heavy atom. The summed E-state index contributed by atoms with van der Waals surface area (Å²) in [5.74, 6) is 0.220. The summed E-state index contributed by atoms with van der Waals surface area (Å²) < 4.78 is 0. The Hall–Kier alpha value is -0.120. The zero-order valence-corrected chi connectivity index (χ0v) is 5.78. The summed E-state index contributed by atoms with van der Waals surface area (Å²) >= 11 is 0. The van der Waals surface area contributed by atoms with Gasteiger partial charge < -0.3 is 0 Å². The molecule has 1 spiro atoms. The molecule has 0 saturated carbocycles. The Labute approximate surface area is 55.4 Å². The molecule has 52 valence electrons. The number of hydrazine groups is 1. The summed E-state index contributed by atoms with van der Waals surface area (Å²) in [5, 5.41) is 5.58. The van der Waals surface area contributed by atoms with Crippen LogP contribution in [0.5, 0.6) is 0 Å². The second kappa shape index (κ2) is 1.68. The van der Waals surface area contributed by atoms with Gasteiger partial charge in [0.2, 0.25) is 0 Å². The van der Waals surface area contributed by atoms with Gasteiger partial charge in [0.05, 0.1) is 0 Å². The maximum absolute atomic E-state index is 3.43. The molecule has 9 heavy (non-hydrogen) atoms. The topological polar surface area (TPSA) is 37.0 Å². The van der Waals surface area contributed by atoms with Crippen LogP contribution < -0.4 is 10.7 Å². The van der Waals surface area contributed by atoms with E-state index >= 15 is 0 Å². The molecule has 2 atom stereocenters. The molecule has 2 heterocycles. The molecule has 0 aromatic heterocycles. The summed E-state index contributed by atoms with van der Waals surface area (Å²) in [6, 6.07) is 0. The van der Waals surface area contributed by atoms with Crippen LogP contribution in [0.3, 0.4) is 0 Å². The van der Waals surface area contributed by atoms with Crippen LogP contribution in [0, 0.1) is 0 Å². The van der Waals surface area contributed by atoms with E-state index in [1.165, 1.54) is 19.3 Å². The van der Waals surface area contributed by atoms with Gasteiger partial charge in [-0.2, -0.15) is 0 Å². The van der Waals surface area contributed by atoms with Crippen LogP contribution in [0.25, 0.3) is 0 Å². The van der Waals surface area contributed by atoms with Crippen molar-refractivity contribution in [3.05, 3.63) is 0 Å². The van der Waals surface area contributed by atoms with Crippen molar-refractivity contribution in [3.8, 4) is 0 Å². The van der Waals surface area contributed by atoms with Gasteiger partial charge in [0.15, 0.2) is 5.79 Å². The second-order valence-electron chi connectivity index (χ2n) is 2.91. The third kappa shape index (κ3) is 0.764. The molecule has 2 unspecified atom stereocenters. The van der Waals surface area contributed by atoms with Gasteiger partial charge in [0, 0.05) is 7.05 Å². The van der Waals surface area contributed by atoms with Crippen molar-refractivity contribution < 1.29 is 0 Å². The normalized spacial score (nSPS) is 49.7. The van der Waals surface area contributed by atoms with Gasteiger partial charge in [-0.15, -0.1) is 0 Å². The minimum atomic E-state index is 0.220. The molecule has 0 aromatic rings. The zero-order valence-electron chi connectivity index (χ0n) is 5.78. The molecule has 2 N–H and O–H groups in total. The summed E-state index contributed by atoms with van der Waals surface area (Å²) in [6.45, 7) is 1.16. The van der Waals surface area contributed by atoms with Crippen LogP contribution >= 0.6 is 0 Å². The van der Waals surface area contributed by atoms with E-state index in [9.17, 15) is 0 Å². The average Bonchev–Trinajstić information content (AvgIpc) is 2.44. The monoisotopic (exact) mass is 127 g/mol. The van der Waals surface area contributed by atoms with Crippen molar-refractivity contribution in [1.82, 2.24) is 15.8 Å². The Bertz CT molecular complexity index is 117. The largest absolute Gasteiger partial charge is 0.285 e. The number of nitrogens with zero attached hydrogens (tertiary/aromatic N) is 1. The van der Waals surface area contributed by atoms with Crippen molar-refractivity contribution in [2.24, 2.45) is 0 Å². The summed E-state index contributed by atoms with van der Waals surface area (Å²) in [7, 11) is 2.08. The van der Waals surface area contributed by atoms with Crippen molar-refractivity contribution in [3.63, 3.8) is 0 Å². The fourth-order valence-corrected chi connectivity index (χ4v) is 1.52. The van der Waals surface area contributed by atoms with E-state index in [2.05, 4.69) is 22.8 Å². The molecule has 2 rings (SSSR count). The molecule has 0 radical (unpaired) electrons. The van der Waals surface area contributed by atoms with Gasteiger partial charge in [0.1, 0.15) is 0 Å². The first-order chi connectivity index (χ1) is 4.33. The van der Waals surface area contributed by atoms with Crippen LogP contribution in [-0.4, -0.2) is 24.4 Å². The van der Waals surface area contributed by atoms with Crippen LogP contribution in [0.1, 0.15) is 19.3 Å². The molecule has 2 fully saturated rings. The standard InChI is InChI=1S/C6H13N3/c1-9-6(8-9)4-2-3-5-7-6/h7-8H,2-5H2,1H3. The average molecular weight is 127 g/mol. The molecule has 0 aromatic carbocycles. The SMILES string of the molecule is CN1NC12CCCCN2. The van der Waals surface area contributed by atoms with Gasteiger partial charge >= 0.3 is 0 Å². The summed E-state index contributed by atoms with van der Waals surface area (Å²) in [4.78, 5) is 0. The molecular formula is C6H13N3. The zero-order chi connectivity index (χ0) is 6.32. The van der Waals surface area contributed by atoms with Gasteiger partial charge in [-0.1, -0.05) is 0 Å². The lowest BCUT2D eigenvalue weighted by Crippen LogP contribution is -2.41. The number of hydrogen-bond acceptors (Lipinski definition) is 3. The lowest BCUT2D eigenvalue weighted by molar-refractivity contribution is 0.306. The molecule has 2 aliphatic heterocycles. The number of piperidine rings is 1. The lowest BCUT2D eigenvalue weighted by atomic mass is 10.1. The number of nitrogens with one attached hydrogen (secondary N) is 2. The molecule has 2 saturated heterocycles. The highest BCUT2D eigenvalue weighted by atomic mass is 15.8. The Morgan fingerprint density at radius 2 is 2.22 bits per heavy atom. The van der Waals surface area contributed by atoms with Gasteiger partial charge in [-0.25, -0.2) is 10.4 Å². The van der Waals surface area contributed by atoms with E-state index in [-0.39, 0.29) is 5.79 Å². The van der Waals surface area contributed by atoms with E-state index in [1.807, 2.05) is 0 Å². The van der Waals surface area contributed by atoms with Crippen molar-refractivity contribution in [2.45, 2.75) is 25.0 Å². The van der Waals surface area contributed by atoms with E-state index < -0.39 is 0 Å². The minimum Gasteiger partial charge on any atom is -0.285 e. The van der Waals surface area contributed by atoms with E-state index in [0.29, 0.717) is 0 Å². The number of hydrogen-bond donors (Lipinski definition) is 2. The molecule has 3 nitrogen and oxygen atoms in total. The van der Waals surface area contributed by atoms with Gasteiger partial charge in [-0.3, -0.25) is 5.32 Å². The highest BCUT2D eigenvalue weighted by Crippen LogP contribution is 2.28. The van der Waals surface area contributed by atoms with Gasteiger partial charge in [-0.05, 0) is 25.8 Å². The third-order valence-electron chi connectivity index (χ3n) is 2.26. The first-order valence-electron chi connectivity index (χ1n) is 3.60. The third-order valence-corrected chi connectivity index (χ3v) is 2.26. The maximum Gasteiger partial charge on any atom is 0.151 e. The van der Waals surface area contributed by atoms with Crippen LogP contribution in [0.4, 0.5) is 0 Å². The molecular weight excluding hydrogens is 114 g/mol. The van der Waals surface area contributed by atoms with Crippen molar-refractivity contribution >= 4 is 0 Å². The molecule has 3 heteroatoms. The van der Waals surface area contributed by atoms with E-state index in [1.54, 1.807) is 0 Å². The highest BCUT2D eigenvalue weighted by molar-refractivity contribution is 4.95. The van der Waals surface area contributed by atoms with Crippen molar-refractivity contribution in [2.75, 3.05) is 13.6 Å². The van der Waals surface area contributed by atoms with Crippen LogP contribution in [0.2, 0.25) is 0 Å². The Balaban J connectivity index is 1.97. The van der Waals surface area contributed by atoms with Gasteiger partial charge in [0.25, 0.3) is 0 Å². The Kier molecular flexibility index (Phi) is 1.06. The van der Waals surface area contributed by atoms with Crippen molar-refractivity contribution in [1.29, 1.82) is 0 Å². The second-order valence-corrected chi connectivity index (χ2v) is 2.91. The first-order valence-corrected chi connectivity index (χ1v) is 3.60. The lowest BCUT2D eigenvalue weighted by Gasteiger charge is -2.20. The highest BCUT2D eigenvalue weighted by Gasteiger charge is 2.49. The van der Waals surface area contributed by atoms with Crippen LogP contribution in [0.15, 0.2) is 0 Å². The molecule has 2 aliphatic rings.